The Hall–Kier alpha value is -1.34. The Morgan fingerprint density at radius 2 is 2.19 bits per heavy atom. The zero-order valence-corrected chi connectivity index (χ0v) is 10.5. The fraction of sp³-hybridized carbons (Fsp3) is 0.111. The number of hydrazone groups is 1. The van der Waals surface area contributed by atoms with E-state index in [1.165, 1.54) is 0 Å². The molecule has 1 aliphatic heterocycles. The summed E-state index contributed by atoms with van der Waals surface area (Å²) in [5, 5.41) is 3.98. The Balaban J connectivity index is 2.21. The van der Waals surface area contributed by atoms with Crippen molar-refractivity contribution in [1.29, 1.82) is 0 Å². The van der Waals surface area contributed by atoms with Gasteiger partial charge in [0.2, 0.25) is 6.79 Å². The summed E-state index contributed by atoms with van der Waals surface area (Å²) < 4.78 is 11.3. The van der Waals surface area contributed by atoms with Gasteiger partial charge in [0, 0.05) is 10.0 Å². The molecule has 1 aromatic rings. The molecule has 0 fully saturated rings. The molecule has 84 valence electrons. The summed E-state index contributed by atoms with van der Waals surface area (Å²) in [4.78, 5) is 0. The number of benzene rings is 1. The fourth-order valence-electron chi connectivity index (χ4n) is 1.20. The first-order chi connectivity index (χ1) is 7.66. The molecular weight excluding hydrogens is 294 g/mol. The smallest absolute Gasteiger partial charge is 0.231 e. The highest BCUT2D eigenvalue weighted by atomic mass is 79.9. The van der Waals surface area contributed by atoms with Gasteiger partial charge in [-0.2, -0.15) is 5.10 Å². The number of nitrogens with zero attached hydrogens (tertiary/aromatic N) is 1. The molecule has 5 nitrogen and oxygen atoms in total. The van der Waals surface area contributed by atoms with E-state index < -0.39 is 0 Å². The lowest BCUT2D eigenvalue weighted by Crippen LogP contribution is -2.24. The summed E-state index contributed by atoms with van der Waals surface area (Å²) in [5.41, 5.74) is 8.55. The van der Waals surface area contributed by atoms with Gasteiger partial charge in [0.1, 0.15) is 0 Å². The Kier molecular flexibility index (Phi) is 3.25. The zero-order chi connectivity index (χ0) is 11.5. The van der Waals surface area contributed by atoms with Crippen LogP contribution in [-0.2, 0) is 0 Å². The van der Waals surface area contributed by atoms with Crippen LogP contribution in [0.4, 0.5) is 0 Å². The molecule has 0 unspecified atom stereocenters. The Morgan fingerprint density at radius 3 is 2.88 bits per heavy atom. The van der Waals surface area contributed by atoms with E-state index in [1.54, 1.807) is 6.21 Å². The van der Waals surface area contributed by atoms with Gasteiger partial charge in [-0.1, -0.05) is 0 Å². The van der Waals surface area contributed by atoms with Crippen LogP contribution in [0.15, 0.2) is 21.7 Å². The molecule has 1 heterocycles. The van der Waals surface area contributed by atoms with E-state index in [2.05, 4.69) is 38.7 Å². The van der Waals surface area contributed by atoms with Crippen LogP contribution in [-0.4, -0.2) is 18.1 Å². The Morgan fingerprint density at radius 1 is 1.50 bits per heavy atom. The third-order valence-electron chi connectivity index (χ3n) is 1.87. The summed E-state index contributed by atoms with van der Waals surface area (Å²) in [6, 6.07) is 3.64. The second-order valence-corrected chi connectivity index (χ2v) is 4.26. The van der Waals surface area contributed by atoms with Gasteiger partial charge in [0.05, 0.1) is 6.21 Å². The molecule has 0 aromatic heterocycles. The SMILES string of the molecule is NC(=S)N/N=C\c1cc2c(cc1Br)OCO2. The second-order valence-electron chi connectivity index (χ2n) is 2.96. The van der Waals surface area contributed by atoms with E-state index in [0.717, 1.165) is 10.0 Å². The number of thiocarbonyl (C=S) groups is 1. The number of nitrogens with one attached hydrogen (secondary N) is 1. The minimum atomic E-state index is 0.119. The fourth-order valence-corrected chi connectivity index (χ4v) is 1.67. The van der Waals surface area contributed by atoms with Gasteiger partial charge >= 0.3 is 0 Å². The number of halogens is 1. The molecule has 0 saturated heterocycles. The average molecular weight is 302 g/mol. The maximum atomic E-state index is 5.25. The van der Waals surface area contributed by atoms with Gasteiger partial charge in [0.15, 0.2) is 16.6 Å². The number of hydrogen-bond acceptors (Lipinski definition) is 4. The van der Waals surface area contributed by atoms with Gasteiger partial charge in [-0.25, -0.2) is 0 Å². The van der Waals surface area contributed by atoms with Gasteiger partial charge in [-0.05, 0) is 40.3 Å². The molecule has 0 amide bonds. The third kappa shape index (κ3) is 2.42. The first-order valence-electron chi connectivity index (χ1n) is 4.34. The molecule has 0 spiro atoms. The standard InChI is InChI=1S/C9H8BrN3O2S/c10-6-2-8-7(14-4-15-8)1-5(6)3-12-13-9(11)16/h1-3H,4H2,(H3,11,13,16)/b12-3-. The predicted octanol–water partition coefficient (Wildman–Crippen LogP) is 1.34. The van der Waals surface area contributed by atoms with Crippen molar-refractivity contribution in [3.05, 3.63) is 22.2 Å². The van der Waals surface area contributed by atoms with Crippen LogP contribution >= 0.6 is 28.1 Å². The van der Waals surface area contributed by atoms with E-state index in [-0.39, 0.29) is 11.9 Å². The van der Waals surface area contributed by atoms with E-state index in [9.17, 15) is 0 Å². The van der Waals surface area contributed by atoms with Gasteiger partial charge < -0.3 is 15.2 Å². The number of nitrogens with two attached hydrogens (primary N) is 1. The minimum Gasteiger partial charge on any atom is -0.454 e. The van der Waals surface area contributed by atoms with E-state index in [1.807, 2.05) is 12.1 Å². The highest BCUT2D eigenvalue weighted by molar-refractivity contribution is 9.10. The molecule has 0 saturated carbocycles. The molecule has 1 aliphatic rings. The maximum Gasteiger partial charge on any atom is 0.231 e. The van der Waals surface area contributed by atoms with Crippen molar-refractivity contribution in [3.63, 3.8) is 0 Å². The van der Waals surface area contributed by atoms with Crippen LogP contribution in [0.1, 0.15) is 5.56 Å². The highest BCUT2D eigenvalue weighted by Gasteiger charge is 2.15. The lowest BCUT2D eigenvalue weighted by Gasteiger charge is -2.01. The van der Waals surface area contributed by atoms with E-state index in [4.69, 9.17) is 15.2 Å². The third-order valence-corrected chi connectivity index (χ3v) is 2.65. The van der Waals surface area contributed by atoms with Crippen molar-refractivity contribution >= 4 is 39.5 Å². The molecule has 7 heteroatoms. The largest absolute Gasteiger partial charge is 0.454 e. The molecule has 0 radical (unpaired) electrons. The van der Waals surface area contributed by atoms with E-state index in [0.29, 0.717) is 11.5 Å². The first kappa shape index (κ1) is 11.2. The molecule has 0 atom stereocenters. The topological polar surface area (TPSA) is 68.9 Å². The lowest BCUT2D eigenvalue weighted by atomic mass is 10.2. The average Bonchev–Trinajstić information content (AvgIpc) is 2.64. The first-order valence-corrected chi connectivity index (χ1v) is 5.54. The van der Waals surface area contributed by atoms with Gasteiger partial charge in [-0.15, -0.1) is 0 Å². The summed E-state index contributed by atoms with van der Waals surface area (Å²) in [7, 11) is 0. The molecule has 0 bridgehead atoms. The molecule has 3 N–H and O–H groups in total. The van der Waals surface area contributed by atoms with Crippen LogP contribution in [0.3, 0.4) is 0 Å². The lowest BCUT2D eigenvalue weighted by molar-refractivity contribution is 0.174. The normalized spacial score (nSPS) is 13.1. The quantitative estimate of drug-likeness (QED) is 0.490. The van der Waals surface area contributed by atoms with Crippen molar-refractivity contribution in [3.8, 4) is 11.5 Å². The van der Waals surface area contributed by atoms with Crippen molar-refractivity contribution in [2.45, 2.75) is 0 Å². The van der Waals surface area contributed by atoms with Crippen LogP contribution < -0.4 is 20.6 Å². The molecular formula is C9H8BrN3O2S. The number of hydrogen-bond donors (Lipinski definition) is 2. The molecule has 0 aliphatic carbocycles. The van der Waals surface area contributed by atoms with Crippen LogP contribution in [0, 0.1) is 0 Å². The number of fused-ring (bicyclic) bond motifs is 1. The summed E-state index contributed by atoms with van der Waals surface area (Å²) in [6.07, 6.45) is 1.59. The summed E-state index contributed by atoms with van der Waals surface area (Å²) >= 11 is 8.02. The van der Waals surface area contributed by atoms with Crippen LogP contribution in [0.5, 0.6) is 11.5 Å². The predicted molar refractivity (Wildman–Crippen MR) is 67.8 cm³/mol. The van der Waals surface area contributed by atoms with E-state index >= 15 is 0 Å². The molecule has 1 aromatic carbocycles. The summed E-state index contributed by atoms with van der Waals surface area (Å²) in [6.45, 7) is 0.244. The van der Waals surface area contributed by atoms with Gasteiger partial charge in [0.25, 0.3) is 0 Å². The van der Waals surface area contributed by atoms with Crippen molar-refractivity contribution in [1.82, 2.24) is 5.43 Å². The number of rotatable bonds is 2. The highest BCUT2D eigenvalue weighted by Crippen LogP contribution is 2.36. The van der Waals surface area contributed by atoms with Crippen molar-refractivity contribution in [2.24, 2.45) is 10.8 Å². The maximum absolute atomic E-state index is 5.25. The number of ether oxygens (including phenoxy) is 2. The van der Waals surface area contributed by atoms with Crippen LogP contribution in [0.25, 0.3) is 0 Å². The summed E-state index contributed by atoms with van der Waals surface area (Å²) in [5.74, 6) is 1.41. The Bertz CT molecular complexity index is 464. The van der Waals surface area contributed by atoms with Gasteiger partial charge in [-0.3, -0.25) is 5.43 Å². The van der Waals surface area contributed by atoms with Crippen LogP contribution in [0.2, 0.25) is 0 Å². The molecule has 2 rings (SSSR count). The Labute approximate surface area is 106 Å². The van der Waals surface area contributed by atoms with Crippen molar-refractivity contribution in [2.75, 3.05) is 6.79 Å². The monoisotopic (exact) mass is 301 g/mol. The zero-order valence-electron chi connectivity index (χ0n) is 8.07. The van der Waals surface area contributed by atoms with Crippen molar-refractivity contribution < 1.29 is 9.47 Å². The molecule has 16 heavy (non-hydrogen) atoms. The second kappa shape index (κ2) is 4.67. The minimum absolute atomic E-state index is 0.119.